The number of rotatable bonds is 2. The van der Waals surface area contributed by atoms with Crippen molar-refractivity contribution in [1.29, 1.82) is 0 Å². The summed E-state index contributed by atoms with van der Waals surface area (Å²) < 4.78 is 10.9. The number of aliphatic hydroxyl groups excluding tert-OH is 1. The predicted octanol–water partition coefficient (Wildman–Crippen LogP) is 2.15. The molecular weight excluding hydrogens is 266 g/mol. The molecule has 3 rings (SSSR count). The van der Waals surface area contributed by atoms with Crippen molar-refractivity contribution in [2.75, 3.05) is 26.9 Å². The number of methoxy groups -OCH3 is 1. The van der Waals surface area contributed by atoms with Gasteiger partial charge in [-0.15, -0.1) is 0 Å². The highest BCUT2D eigenvalue weighted by Gasteiger charge is 2.40. The zero-order chi connectivity index (χ0) is 15.0. The van der Waals surface area contributed by atoms with Crippen molar-refractivity contribution in [2.45, 2.75) is 44.4 Å². The van der Waals surface area contributed by atoms with Crippen molar-refractivity contribution in [3.05, 3.63) is 29.3 Å². The van der Waals surface area contributed by atoms with Crippen LogP contribution in [0.25, 0.3) is 0 Å². The molecule has 1 saturated heterocycles. The standard InChI is InChI=1S/C17H25NO3/c1-17(2)11-21-9-8-18(17)15-7-5-12-4-6-13(20-3)10-14(12)16(15)19/h4,6,10,15-16,19H,5,7-9,11H2,1-3H3. The van der Waals surface area contributed by atoms with Crippen LogP contribution in [0.15, 0.2) is 18.2 Å². The van der Waals surface area contributed by atoms with Gasteiger partial charge in [-0.1, -0.05) is 6.07 Å². The summed E-state index contributed by atoms with van der Waals surface area (Å²) in [5, 5.41) is 10.9. The van der Waals surface area contributed by atoms with Gasteiger partial charge >= 0.3 is 0 Å². The predicted molar refractivity (Wildman–Crippen MR) is 81.7 cm³/mol. The molecule has 4 heteroatoms. The summed E-state index contributed by atoms with van der Waals surface area (Å²) in [6, 6.07) is 6.20. The molecule has 1 heterocycles. The van der Waals surface area contributed by atoms with E-state index in [1.807, 2.05) is 12.1 Å². The first-order chi connectivity index (χ1) is 10.0. The molecule has 1 aromatic carbocycles. The first-order valence-corrected chi connectivity index (χ1v) is 7.72. The van der Waals surface area contributed by atoms with Gasteiger partial charge in [0.1, 0.15) is 5.75 Å². The molecule has 21 heavy (non-hydrogen) atoms. The molecule has 1 N–H and O–H groups in total. The van der Waals surface area contributed by atoms with Gasteiger partial charge in [0.05, 0.1) is 26.4 Å². The third-order valence-electron chi connectivity index (χ3n) is 4.86. The first kappa shape index (κ1) is 14.8. The van der Waals surface area contributed by atoms with Crippen LogP contribution in [0.2, 0.25) is 0 Å². The minimum Gasteiger partial charge on any atom is -0.497 e. The van der Waals surface area contributed by atoms with E-state index in [2.05, 4.69) is 24.8 Å². The lowest BCUT2D eigenvalue weighted by atomic mass is 9.83. The van der Waals surface area contributed by atoms with Crippen molar-refractivity contribution in [3.8, 4) is 5.75 Å². The second-order valence-electron chi connectivity index (χ2n) is 6.67. The van der Waals surface area contributed by atoms with Crippen LogP contribution < -0.4 is 4.74 Å². The fourth-order valence-corrected chi connectivity index (χ4v) is 3.68. The van der Waals surface area contributed by atoms with Gasteiger partial charge in [-0.05, 0) is 49.9 Å². The van der Waals surface area contributed by atoms with Gasteiger partial charge in [0.25, 0.3) is 0 Å². The van der Waals surface area contributed by atoms with Crippen molar-refractivity contribution in [1.82, 2.24) is 4.90 Å². The van der Waals surface area contributed by atoms with E-state index in [0.717, 1.165) is 43.9 Å². The fourth-order valence-electron chi connectivity index (χ4n) is 3.68. The van der Waals surface area contributed by atoms with Gasteiger partial charge in [0.2, 0.25) is 0 Å². The second kappa shape index (κ2) is 5.59. The molecule has 1 aliphatic heterocycles. The van der Waals surface area contributed by atoms with Crippen LogP contribution in [0, 0.1) is 0 Å². The Balaban J connectivity index is 1.89. The van der Waals surface area contributed by atoms with Crippen molar-refractivity contribution >= 4 is 0 Å². The summed E-state index contributed by atoms with van der Waals surface area (Å²) in [6.07, 6.45) is 1.54. The molecule has 0 spiro atoms. The smallest absolute Gasteiger partial charge is 0.119 e. The maximum atomic E-state index is 10.9. The lowest BCUT2D eigenvalue weighted by molar-refractivity contribution is -0.101. The summed E-state index contributed by atoms with van der Waals surface area (Å²) >= 11 is 0. The van der Waals surface area contributed by atoms with E-state index in [-0.39, 0.29) is 11.6 Å². The molecule has 2 unspecified atom stereocenters. The Morgan fingerprint density at radius 3 is 2.90 bits per heavy atom. The van der Waals surface area contributed by atoms with Crippen LogP contribution in [-0.4, -0.2) is 48.5 Å². The zero-order valence-corrected chi connectivity index (χ0v) is 13.1. The lowest BCUT2D eigenvalue weighted by Gasteiger charge is -2.49. The van der Waals surface area contributed by atoms with E-state index in [1.165, 1.54) is 5.56 Å². The maximum absolute atomic E-state index is 10.9. The van der Waals surface area contributed by atoms with Gasteiger partial charge in [-0.3, -0.25) is 4.90 Å². The minimum absolute atomic E-state index is 0.0275. The Hall–Kier alpha value is -1.10. The van der Waals surface area contributed by atoms with Gasteiger partial charge in [0, 0.05) is 18.1 Å². The Morgan fingerprint density at radius 2 is 2.19 bits per heavy atom. The Labute approximate surface area is 126 Å². The first-order valence-electron chi connectivity index (χ1n) is 7.72. The Kier molecular flexibility index (Phi) is 3.95. The van der Waals surface area contributed by atoms with E-state index >= 15 is 0 Å². The van der Waals surface area contributed by atoms with Crippen LogP contribution >= 0.6 is 0 Å². The Morgan fingerprint density at radius 1 is 1.38 bits per heavy atom. The van der Waals surface area contributed by atoms with Gasteiger partial charge in [-0.25, -0.2) is 0 Å². The van der Waals surface area contributed by atoms with Crippen LogP contribution in [0.4, 0.5) is 0 Å². The third-order valence-corrected chi connectivity index (χ3v) is 4.86. The van der Waals surface area contributed by atoms with Crippen LogP contribution in [-0.2, 0) is 11.2 Å². The molecule has 0 amide bonds. The van der Waals surface area contributed by atoms with Crippen LogP contribution in [0.1, 0.15) is 37.5 Å². The number of aliphatic hydroxyl groups is 1. The molecule has 2 atom stereocenters. The zero-order valence-electron chi connectivity index (χ0n) is 13.1. The molecular formula is C17H25NO3. The number of morpholine rings is 1. The van der Waals surface area contributed by atoms with Gasteiger partial charge in [-0.2, -0.15) is 0 Å². The number of fused-ring (bicyclic) bond motifs is 1. The molecule has 0 saturated carbocycles. The van der Waals surface area contributed by atoms with E-state index in [4.69, 9.17) is 9.47 Å². The van der Waals surface area contributed by atoms with Gasteiger partial charge < -0.3 is 14.6 Å². The normalized spacial score (nSPS) is 29.0. The number of benzene rings is 1. The summed E-state index contributed by atoms with van der Waals surface area (Å²) in [5.41, 5.74) is 2.23. The highest BCUT2D eigenvalue weighted by Crippen LogP contribution is 2.38. The number of aryl methyl sites for hydroxylation is 1. The number of ether oxygens (including phenoxy) is 2. The topological polar surface area (TPSA) is 41.9 Å². The van der Waals surface area contributed by atoms with Crippen molar-refractivity contribution in [2.24, 2.45) is 0 Å². The minimum atomic E-state index is -0.457. The molecule has 1 fully saturated rings. The van der Waals surface area contributed by atoms with E-state index < -0.39 is 6.10 Å². The van der Waals surface area contributed by atoms with E-state index in [1.54, 1.807) is 7.11 Å². The molecule has 0 aromatic heterocycles. The average molecular weight is 291 g/mol. The van der Waals surface area contributed by atoms with Crippen LogP contribution in [0.5, 0.6) is 5.75 Å². The average Bonchev–Trinajstić information content (AvgIpc) is 2.48. The molecule has 4 nitrogen and oxygen atoms in total. The third kappa shape index (κ3) is 2.68. The summed E-state index contributed by atoms with van der Waals surface area (Å²) in [5.74, 6) is 0.815. The maximum Gasteiger partial charge on any atom is 0.119 e. The molecule has 0 bridgehead atoms. The van der Waals surface area contributed by atoms with Gasteiger partial charge in [0.15, 0.2) is 0 Å². The largest absolute Gasteiger partial charge is 0.497 e. The number of nitrogens with zero attached hydrogens (tertiary/aromatic N) is 1. The second-order valence-corrected chi connectivity index (χ2v) is 6.67. The summed E-state index contributed by atoms with van der Waals surface area (Å²) in [4.78, 5) is 2.42. The van der Waals surface area contributed by atoms with E-state index in [9.17, 15) is 5.11 Å². The van der Waals surface area contributed by atoms with Crippen molar-refractivity contribution in [3.63, 3.8) is 0 Å². The van der Waals surface area contributed by atoms with Crippen molar-refractivity contribution < 1.29 is 14.6 Å². The molecule has 2 aliphatic rings. The molecule has 116 valence electrons. The van der Waals surface area contributed by atoms with Crippen LogP contribution in [0.3, 0.4) is 0 Å². The monoisotopic (exact) mass is 291 g/mol. The quantitative estimate of drug-likeness (QED) is 0.906. The summed E-state index contributed by atoms with van der Waals surface area (Å²) in [6.45, 7) is 6.74. The van der Waals surface area contributed by atoms with E-state index in [0.29, 0.717) is 0 Å². The fraction of sp³-hybridized carbons (Fsp3) is 0.647. The highest BCUT2D eigenvalue weighted by atomic mass is 16.5. The number of hydrogen-bond donors (Lipinski definition) is 1. The summed E-state index contributed by atoms with van der Waals surface area (Å²) in [7, 11) is 1.67. The molecule has 1 aromatic rings. The highest BCUT2D eigenvalue weighted by molar-refractivity contribution is 5.39. The number of hydrogen-bond acceptors (Lipinski definition) is 4. The molecule has 0 radical (unpaired) electrons. The SMILES string of the molecule is COc1ccc2c(c1)C(O)C(N1CCOCC1(C)C)CC2. The molecule has 1 aliphatic carbocycles. The lowest BCUT2D eigenvalue weighted by Crippen LogP contribution is -2.59. The Bertz CT molecular complexity index is 515.